The lowest BCUT2D eigenvalue weighted by atomic mass is 10.0. The summed E-state index contributed by atoms with van der Waals surface area (Å²) in [6.07, 6.45) is 20.6. The van der Waals surface area contributed by atoms with Gasteiger partial charge >= 0.3 is 0 Å². The fraction of sp³-hybridized carbons (Fsp3) is 0.488. The van der Waals surface area contributed by atoms with E-state index in [1.54, 1.807) is 0 Å². The number of H-pyrrole nitrogens is 1. The second-order valence-corrected chi connectivity index (χ2v) is 12.9. The van der Waals surface area contributed by atoms with Crippen molar-refractivity contribution in [2.24, 2.45) is 0 Å². The summed E-state index contributed by atoms with van der Waals surface area (Å²) in [6.45, 7) is 6.00. The maximum atomic E-state index is 6.61. The van der Waals surface area contributed by atoms with Crippen LogP contribution < -0.4 is 9.47 Å². The fourth-order valence-corrected chi connectivity index (χ4v) is 6.12. The number of imidazole rings is 1. The number of rotatable bonds is 23. The first kappa shape index (κ1) is 35.6. The van der Waals surface area contributed by atoms with E-state index in [-0.39, 0.29) is 0 Å². The Bertz CT molecular complexity index is 1330. The van der Waals surface area contributed by atoms with E-state index in [1.807, 2.05) is 36.4 Å². The monoisotopic (exact) mass is 642 g/mol. The molecule has 0 unspecified atom stereocenters. The Hall–Kier alpha value is -3.24. The van der Waals surface area contributed by atoms with Gasteiger partial charge in [0.2, 0.25) is 0 Å². The van der Waals surface area contributed by atoms with Gasteiger partial charge in [-0.15, -0.1) is 0 Å². The Balaban J connectivity index is 1.43. The number of benzene rings is 3. The molecule has 4 rings (SSSR count). The van der Waals surface area contributed by atoms with Crippen molar-refractivity contribution in [2.75, 3.05) is 13.2 Å². The molecule has 0 saturated carbocycles. The molecule has 0 radical (unpaired) electrons. The smallest absolute Gasteiger partial charge is 0.140 e. The molecule has 4 aromatic rings. The summed E-state index contributed by atoms with van der Waals surface area (Å²) in [5.41, 5.74) is 4.71. The van der Waals surface area contributed by atoms with Gasteiger partial charge in [-0.2, -0.15) is 0 Å². The van der Waals surface area contributed by atoms with Crippen LogP contribution in [0.3, 0.4) is 0 Å². The van der Waals surface area contributed by atoms with Crippen molar-refractivity contribution in [3.05, 3.63) is 77.8 Å². The highest BCUT2D eigenvalue weighted by atomic mass is 35.5. The van der Waals surface area contributed by atoms with Gasteiger partial charge < -0.3 is 14.5 Å². The molecule has 0 aliphatic heterocycles. The highest BCUT2D eigenvalue weighted by molar-refractivity contribution is 6.33. The quantitative estimate of drug-likeness (QED) is 0.0819. The Morgan fingerprint density at radius 3 is 1.63 bits per heavy atom. The lowest BCUT2D eigenvalue weighted by Crippen LogP contribution is -1.98. The van der Waals surface area contributed by atoms with Gasteiger partial charge in [0.1, 0.15) is 17.3 Å². The van der Waals surface area contributed by atoms with Crippen molar-refractivity contribution in [1.82, 2.24) is 9.97 Å². The molecule has 0 atom stereocenters. The minimum absolute atomic E-state index is 0.666. The molecule has 248 valence electrons. The maximum Gasteiger partial charge on any atom is 0.140 e. The molecule has 4 nitrogen and oxygen atoms in total. The van der Waals surface area contributed by atoms with Crippen LogP contribution in [0.4, 0.5) is 0 Å². The van der Waals surface area contributed by atoms with Gasteiger partial charge in [0.05, 0.1) is 29.6 Å². The lowest BCUT2D eigenvalue weighted by Gasteiger charge is -2.10. The molecule has 0 fully saturated rings. The van der Waals surface area contributed by atoms with Crippen molar-refractivity contribution in [3.8, 4) is 45.4 Å². The van der Waals surface area contributed by atoms with Gasteiger partial charge in [-0.05, 0) is 49.2 Å². The molecule has 1 heterocycles. The Morgan fingerprint density at radius 2 is 1.07 bits per heavy atom. The summed E-state index contributed by atoms with van der Waals surface area (Å²) in [5.74, 6) is 2.49. The zero-order chi connectivity index (χ0) is 32.2. The number of hydrogen-bond donors (Lipinski definition) is 1. The van der Waals surface area contributed by atoms with Gasteiger partial charge in [-0.1, -0.05) is 152 Å². The summed E-state index contributed by atoms with van der Waals surface area (Å²) in [7, 11) is 0. The first-order valence-corrected chi connectivity index (χ1v) is 18.4. The van der Waals surface area contributed by atoms with Crippen molar-refractivity contribution < 1.29 is 9.47 Å². The molecule has 0 amide bonds. The Morgan fingerprint density at radius 1 is 0.565 bits per heavy atom. The van der Waals surface area contributed by atoms with E-state index in [2.05, 4.69) is 55.2 Å². The van der Waals surface area contributed by atoms with E-state index in [1.165, 1.54) is 89.9 Å². The standard InChI is InChI=1S/C41H55ClN2O2/c1-3-5-7-9-11-13-15-19-29-45-35-25-21-23-33(31-35)39-40(44-41(43-39)37-27-17-18-28-38(37)42)34-24-22-26-36(32-34)46-30-20-16-14-12-10-8-6-4-2/h17-18,21-28,31-32H,3-16,19-20,29-30H2,1-2H3,(H,43,44). The third-order valence-corrected chi connectivity index (χ3v) is 8.93. The summed E-state index contributed by atoms with van der Waals surface area (Å²) >= 11 is 6.61. The van der Waals surface area contributed by atoms with Crippen LogP contribution in [-0.4, -0.2) is 23.2 Å². The number of hydrogen-bond acceptors (Lipinski definition) is 3. The lowest BCUT2D eigenvalue weighted by molar-refractivity contribution is 0.304. The first-order chi connectivity index (χ1) is 22.7. The van der Waals surface area contributed by atoms with Crippen molar-refractivity contribution in [2.45, 2.75) is 117 Å². The van der Waals surface area contributed by atoms with E-state index >= 15 is 0 Å². The first-order valence-electron chi connectivity index (χ1n) is 18.0. The molecule has 0 aliphatic carbocycles. The summed E-state index contributed by atoms with van der Waals surface area (Å²) in [5, 5.41) is 0.666. The number of unbranched alkanes of at least 4 members (excludes halogenated alkanes) is 14. The molecule has 1 aromatic heterocycles. The summed E-state index contributed by atoms with van der Waals surface area (Å²) in [4.78, 5) is 8.69. The number of ether oxygens (including phenoxy) is 2. The highest BCUT2D eigenvalue weighted by Crippen LogP contribution is 2.37. The van der Waals surface area contributed by atoms with Gasteiger partial charge in [0, 0.05) is 16.7 Å². The van der Waals surface area contributed by atoms with E-state index in [0.717, 1.165) is 71.5 Å². The number of halogens is 1. The molecule has 3 aromatic carbocycles. The van der Waals surface area contributed by atoms with E-state index in [4.69, 9.17) is 26.1 Å². The molecule has 0 bridgehead atoms. The van der Waals surface area contributed by atoms with Crippen LogP contribution in [-0.2, 0) is 0 Å². The molecule has 0 saturated heterocycles. The average molecular weight is 643 g/mol. The summed E-state index contributed by atoms with van der Waals surface area (Å²) < 4.78 is 12.4. The van der Waals surface area contributed by atoms with Crippen LogP contribution >= 0.6 is 11.6 Å². The molecule has 0 spiro atoms. The molecule has 1 N–H and O–H groups in total. The number of nitrogens with zero attached hydrogens (tertiary/aromatic N) is 1. The van der Waals surface area contributed by atoms with Gasteiger partial charge in [-0.3, -0.25) is 0 Å². The second-order valence-electron chi connectivity index (χ2n) is 12.5. The van der Waals surface area contributed by atoms with Gasteiger partial charge in [0.15, 0.2) is 0 Å². The fourth-order valence-electron chi connectivity index (χ4n) is 5.90. The normalized spacial score (nSPS) is 11.2. The van der Waals surface area contributed by atoms with Gasteiger partial charge in [-0.25, -0.2) is 4.98 Å². The zero-order valence-corrected chi connectivity index (χ0v) is 29.1. The molecule has 5 heteroatoms. The minimum Gasteiger partial charge on any atom is -0.494 e. The molecule has 0 aliphatic rings. The second kappa shape index (κ2) is 20.8. The predicted octanol–water partition coefficient (Wildman–Crippen LogP) is 13.1. The van der Waals surface area contributed by atoms with Crippen LogP contribution in [0.15, 0.2) is 72.8 Å². The van der Waals surface area contributed by atoms with Crippen LogP contribution in [0.25, 0.3) is 33.9 Å². The van der Waals surface area contributed by atoms with Crippen LogP contribution in [0, 0.1) is 0 Å². The van der Waals surface area contributed by atoms with E-state index in [9.17, 15) is 0 Å². The van der Waals surface area contributed by atoms with Gasteiger partial charge in [0.25, 0.3) is 0 Å². The number of aromatic nitrogens is 2. The van der Waals surface area contributed by atoms with E-state index < -0.39 is 0 Å². The molecular formula is C41H55ClN2O2. The zero-order valence-electron chi connectivity index (χ0n) is 28.3. The maximum absolute atomic E-state index is 6.61. The van der Waals surface area contributed by atoms with Crippen molar-refractivity contribution >= 4 is 11.6 Å². The van der Waals surface area contributed by atoms with Crippen molar-refractivity contribution in [3.63, 3.8) is 0 Å². The highest BCUT2D eigenvalue weighted by Gasteiger charge is 2.18. The average Bonchev–Trinajstić information content (AvgIpc) is 3.53. The SMILES string of the molecule is CCCCCCCCCCOc1cccc(-c2nc(-c3ccccc3Cl)[nH]c2-c2cccc(OCCCCCCCCCC)c2)c1. The molecular weight excluding hydrogens is 588 g/mol. The summed E-state index contributed by atoms with van der Waals surface area (Å²) in [6, 6.07) is 24.4. The van der Waals surface area contributed by atoms with Crippen molar-refractivity contribution in [1.29, 1.82) is 0 Å². The Kier molecular flexibility index (Phi) is 16.1. The third-order valence-electron chi connectivity index (χ3n) is 8.60. The largest absolute Gasteiger partial charge is 0.494 e. The number of aromatic amines is 1. The van der Waals surface area contributed by atoms with Crippen LogP contribution in [0.2, 0.25) is 5.02 Å². The molecule has 46 heavy (non-hydrogen) atoms. The third kappa shape index (κ3) is 11.8. The van der Waals surface area contributed by atoms with Crippen LogP contribution in [0.1, 0.15) is 117 Å². The topological polar surface area (TPSA) is 47.1 Å². The minimum atomic E-state index is 0.666. The predicted molar refractivity (Wildman–Crippen MR) is 196 cm³/mol. The van der Waals surface area contributed by atoms with Crippen LogP contribution in [0.5, 0.6) is 11.5 Å². The van der Waals surface area contributed by atoms with E-state index in [0.29, 0.717) is 5.02 Å². The Labute approximate surface area is 283 Å². The number of nitrogens with one attached hydrogen (secondary N) is 1.